The number of hydrogen-bond donors (Lipinski definition) is 0. The minimum atomic E-state index is 0.202. The van der Waals surface area contributed by atoms with Gasteiger partial charge in [0.15, 0.2) is 0 Å². The van der Waals surface area contributed by atoms with E-state index in [9.17, 15) is 0 Å². The number of aromatic nitrogens is 1. The van der Waals surface area contributed by atoms with Crippen molar-refractivity contribution in [2.24, 2.45) is 4.99 Å². The molecule has 0 spiro atoms. The smallest absolute Gasteiger partial charge is 0.0739 e. The minimum absolute atomic E-state index is 0.202. The first kappa shape index (κ1) is 21.6. The Kier molecular flexibility index (Phi) is 4.93. The predicted molar refractivity (Wildman–Crippen MR) is 157 cm³/mol. The molecule has 1 heterocycles. The van der Waals surface area contributed by atoms with Gasteiger partial charge in [-0.05, 0) is 64.9 Å². The Morgan fingerprint density at radius 1 is 0.649 bits per heavy atom. The van der Waals surface area contributed by atoms with Gasteiger partial charge in [-0.3, -0.25) is 4.99 Å². The lowest BCUT2D eigenvalue weighted by Crippen LogP contribution is -2.09. The fourth-order valence-electron chi connectivity index (χ4n) is 6.10. The van der Waals surface area contributed by atoms with Crippen LogP contribution in [0.1, 0.15) is 29.5 Å². The molecule has 37 heavy (non-hydrogen) atoms. The number of allylic oxidation sites excluding steroid dienone is 1. The average Bonchev–Trinajstić information content (AvgIpc) is 3.29. The van der Waals surface area contributed by atoms with Crippen LogP contribution in [-0.4, -0.2) is 11.3 Å². The van der Waals surface area contributed by atoms with Gasteiger partial charge in [-0.15, -0.1) is 0 Å². The summed E-state index contributed by atoms with van der Waals surface area (Å²) >= 11 is 0. The molecule has 0 radical (unpaired) electrons. The van der Waals surface area contributed by atoms with Crippen molar-refractivity contribution < 1.29 is 0 Å². The van der Waals surface area contributed by atoms with Crippen LogP contribution in [0.4, 0.5) is 0 Å². The molecule has 0 fully saturated rings. The lowest BCUT2D eigenvalue weighted by molar-refractivity contribution is 0.978. The van der Waals surface area contributed by atoms with E-state index in [1.165, 1.54) is 49.6 Å². The third kappa shape index (κ3) is 3.23. The van der Waals surface area contributed by atoms with Crippen LogP contribution in [-0.2, 0) is 0 Å². The maximum atomic E-state index is 4.68. The predicted octanol–water partition coefficient (Wildman–Crippen LogP) is 9.14. The zero-order valence-corrected chi connectivity index (χ0v) is 20.7. The zero-order chi connectivity index (χ0) is 24.9. The highest BCUT2D eigenvalue weighted by molar-refractivity contribution is 6.11. The number of aliphatic imine (C=N–C) groups is 1. The standard InChI is InChI=1S/C35H26N2/c1-23-26-14-6-7-15-27(26)28-16-8-9-18-30(28)34(23)35(36-2)24-20-21-33-31(22-24)29-17-10-11-19-32(29)37(33)25-12-4-3-5-13-25/h3-23H,2H2,1H3/b35-34+. The van der Waals surface area contributed by atoms with Crippen molar-refractivity contribution in [1.29, 1.82) is 0 Å². The molecular weight excluding hydrogens is 448 g/mol. The van der Waals surface area contributed by atoms with Gasteiger partial charge in [0.2, 0.25) is 0 Å². The Balaban J connectivity index is 1.51. The van der Waals surface area contributed by atoms with E-state index in [1.54, 1.807) is 0 Å². The third-order valence-corrected chi connectivity index (χ3v) is 7.74. The Hall–Kier alpha value is -4.69. The van der Waals surface area contributed by atoms with Crippen LogP contribution >= 0.6 is 0 Å². The van der Waals surface area contributed by atoms with Gasteiger partial charge < -0.3 is 4.57 Å². The van der Waals surface area contributed by atoms with Crippen LogP contribution in [0.2, 0.25) is 0 Å². The van der Waals surface area contributed by atoms with Crippen molar-refractivity contribution in [1.82, 2.24) is 4.57 Å². The van der Waals surface area contributed by atoms with E-state index < -0.39 is 0 Å². The summed E-state index contributed by atoms with van der Waals surface area (Å²) in [5, 5.41) is 2.45. The molecule has 0 N–H and O–H groups in total. The molecule has 0 saturated heterocycles. The average molecular weight is 475 g/mol. The molecule has 7 rings (SSSR count). The van der Waals surface area contributed by atoms with Crippen molar-refractivity contribution in [3.05, 3.63) is 138 Å². The molecule has 2 nitrogen and oxygen atoms in total. The largest absolute Gasteiger partial charge is 0.309 e. The van der Waals surface area contributed by atoms with Crippen LogP contribution in [0.5, 0.6) is 0 Å². The van der Waals surface area contributed by atoms with E-state index in [4.69, 9.17) is 0 Å². The summed E-state index contributed by atoms with van der Waals surface area (Å²) in [6.07, 6.45) is 0. The Morgan fingerprint density at radius 3 is 2.11 bits per heavy atom. The first-order valence-corrected chi connectivity index (χ1v) is 12.7. The third-order valence-electron chi connectivity index (χ3n) is 7.74. The lowest BCUT2D eigenvalue weighted by atomic mass is 9.74. The molecular formula is C35H26N2. The van der Waals surface area contributed by atoms with Gasteiger partial charge in [-0.25, -0.2) is 0 Å². The molecule has 6 aromatic rings. The monoisotopic (exact) mass is 474 g/mol. The summed E-state index contributed by atoms with van der Waals surface area (Å²) in [6, 6.07) is 43.4. The quantitative estimate of drug-likeness (QED) is 0.228. The number of hydrogen-bond acceptors (Lipinski definition) is 1. The maximum absolute atomic E-state index is 4.68. The van der Waals surface area contributed by atoms with Crippen LogP contribution in [0.25, 0.3) is 49.9 Å². The van der Waals surface area contributed by atoms with E-state index in [2.05, 4.69) is 145 Å². The van der Waals surface area contributed by atoms with E-state index in [0.717, 1.165) is 16.9 Å². The summed E-state index contributed by atoms with van der Waals surface area (Å²) in [5.41, 5.74) is 12.0. The Morgan fingerprint density at radius 2 is 1.30 bits per heavy atom. The van der Waals surface area contributed by atoms with Gasteiger partial charge in [-0.2, -0.15) is 0 Å². The lowest BCUT2D eigenvalue weighted by Gasteiger charge is -2.29. The first-order valence-electron chi connectivity index (χ1n) is 12.7. The van der Waals surface area contributed by atoms with Crippen molar-refractivity contribution in [3.8, 4) is 16.8 Å². The molecule has 0 bridgehead atoms. The topological polar surface area (TPSA) is 17.3 Å². The van der Waals surface area contributed by atoms with Crippen LogP contribution in [0, 0.1) is 0 Å². The molecule has 0 saturated carbocycles. The summed E-state index contributed by atoms with van der Waals surface area (Å²) in [6.45, 7) is 6.34. The molecule has 1 aliphatic rings. The molecule has 2 heteroatoms. The number of para-hydroxylation sites is 2. The second kappa shape index (κ2) is 8.46. The van der Waals surface area contributed by atoms with E-state index in [-0.39, 0.29) is 5.92 Å². The summed E-state index contributed by atoms with van der Waals surface area (Å²) < 4.78 is 2.34. The van der Waals surface area contributed by atoms with Gasteiger partial charge in [0, 0.05) is 27.9 Å². The SMILES string of the molecule is C=N/C(=C1/c2ccccc2-c2ccccc2C1C)c1ccc2c(c1)c1ccccc1n2-c1ccccc1. The van der Waals surface area contributed by atoms with Crippen molar-refractivity contribution in [2.75, 3.05) is 0 Å². The zero-order valence-electron chi connectivity index (χ0n) is 20.7. The maximum Gasteiger partial charge on any atom is 0.0739 e. The summed E-state index contributed by atoms with van der Waals surface area (Å²) in [4.78, 5) is 4.68. The van der Waals surface area contributed by atoms with Crippen LogP contribution in [0.15, 0.2) is 126 Å². The van der Waals surface area contributed by atoms with Crippen LogP contribution < -0.4 is 0 Å². The second-order valence-corrected chi connectivity index (χ2v) is 9.69. The fraction of sp³-hybridized carbons (Fsp3) is 0.0571. The highest BCUT2D eigenvalue weighted by Gasteiger charge is 2.28. The highest BCUT2D eigenvalue weighted by atomic mass is 15.0. The van der Waals surface area contributed by atoms with E-state index in [0.29, 0.717) is 0 Å². The Labute approximate surface area is 216 Å². The normalized spacial score (nSPS) is 15.9. The van der Waals surface area contributed by atoms with Gasteiger partial charge in [0.25, 0.3) is 0 Å². The molecule has 1 aromatic heterocycles. The van der Waals surface area contributed by atoms with Crippen molar-refractivity contribution in [3.63, 3.8) is 0 Å². The number of fused-ring (bicyclic) bond motifs is 6. The number of benzene rings is 5. The Bertz CT molecular complexity index is 1850. The molecule has 1 atom stereocenters. The molecule has 5 aromatic carbocycles. The van der Waals surface area contributed by atoms with Gasteiger partial charge in [0.05, 0.1) is 16.7 Å². The van der Waals surface area contributed by atoms with E-state index in [1.807, 2.05) is 0 Å². The van der Waals surface area contributed by atoms with Crippen molar-refractivity contribution in [2.45, 2.75) is 12.8 Å². The van der Waals surface area contributed by atoms with Crippen molar-refractivity contribution >= 4 is 39.8 Å². The van der Waals surface area contributed by atoms with Gasteiger partial charge in [-0.1, -0.05) is 97.9 Å². The fourth-order valence-corrected chi connectivity index (χ4v) is 6.10. The van der Waals surface area contributed by atoms with Gasteiger partial charge >= 0.3 is 0 Å². The molecule has 1 aliphatic carbocycles. The van der Waals surface area contributed by atoms with E-state index >= 15 is 0 Å². The summed E-state index contributed by atoms with van der Waals surface area (Å²) in [5.74, 6) is 0.202. The summed E-state index contributed by atoms with van der Waals surface area (Å²) in [7, 11) is 0. The second-order valence-electron chi connectivity index (χ2n) is 9.69. The number of nitrogens with zero attached hydrogens (tertiary/aromatic N) is 2. The highest BCUT2D eigenvalue weighted by Crippen LogP contribution is 2.49. The first-order chi connectivity index (χ1) is 18.3. The molecule has 176 valence electrons. The minimum Gasteiger partial charge on any atom is -0.309 e. The molecule has 0 amide bonds. The molecule has 1 unspecified atom stereocenters. The molecule has 0 aliphatic heterocycles. The number of rotatable bonds is 3. The van der Waals surface area contributed by atoms with Gasteiger partial charge in [0.1, 0.15) is 0 Å². The van der Waals surface area contributed by atoms with Crippen LogP contribution in [0.3, 0.4) is 0 Å².